The minimum atomic E-state index is 0.612. The summed E-state index contributed by atoms with van der Waals surface area (Å²) in [6.45, 7) is 0. The number of hydrogen-bond acceptors (Lipinski definition) is 4. The Hall–Kier alpha value is -6.65. The first-order valence-corrected chi connectivity index (χ1v) is 16.4. The molecule has 4 nitrogen and oxygen atoms in total. The van der Waals surface area contributed by atoms with E-state index in [1.807, 2.05) is 60.7 Å². The van der Waals surface area contributed by atoms with E-state index in [4.69, 9.17) is 19.4 Å². The van der Waals surface area contributed by atoms with Crippen molar-refractivity contribution in [1.29, 1.82) is 0 Å². The lowest BCUT2D eigenvalue weighted by Crippen LogP contribution is -2.01. The maximum atomic E-state index is 6.15. The van der Waals surface area contributed by atoms with Crippen molar-refractivity contribution in [3.63, 3.8) is 0 Å². The first kappa shape index (κ1) is 28.6. The number of furan rings is 1. The Bertz CT molecular complexity index is 2590. The van der Waals surface area contributed by atoms with E-state index in [9.17, 15) is 0 Å². The maximum Gasteiger partial charge on any atom is 0.164 e. The molecule has 0 atom stereocenters. The van der Waals surface area contributed by atoms with Crippen molar-refractivity contribution in [2.45, 2.75) is 0 Å². The molecule has 4 heteroatoms. The van der Waals surface area contributed by atoms with Crippen LogP contribution in [0.2, 0.25) is 0 Å². The molecular weight excluding hydrogens is 599 g/mol. The number of aromatic nitrogens is 3. The van der Waals surface area contributed by atoms with E-state index in [1.54, 1.807) is 0 Å². The molecule has 0 unspecified atom stereocenters. The van der Waals surface area contributed by atoms with Crippen LogP contribution in [0.25, 0.3) is 89.5 Å². The Morgan fingerprint density at radius 1 is 0.286 bits per heavy atom. The quantitative estimate of drug-likeness (QED) is 0.184. The van der Waals surface area contributed by atoms with E-state index in [2.05, 4.69) is 115 Å². The van der Waals surface area contributed by atoms with Gasteiger partial charge in [0, 0.05) is 27.5 Å². The summed E-state index contributed by atoms with van der Waals surface area (Å²) >= 11 is 0. The van der Waals surface area contributed by atoms with Gasteiger partial charge in [-0.3, -0.25) is 0 Å². The first-order valence-electron chi connectivity index (χ1n) is 16.4. The highest BCUT2D eigenvalue weighted by Gasteiger charge is 2.17. The van der Waals surface area contributed by atoms with Gasteiger partial charge < -0.3 is 4.42 Å². The number of fused-ring (bicyclic) bond motifs is 3. The molecule has 0 aliphatic heterocycles. The summed E-state index contributed by atoms with van der Waals surface area (Å²) in [5, 5.41) is 2.19. The van der Waals surface area contributed by atoms with Gasteiger partial charge in [-0.25, -0.2) is 15.0 Å². The SMILES string of the molecule is c1ccc(-c2cc(-c3ccc4oc5ccccc5c4c3)cc(-c3nc(-c4ccccc4)nc(-c4ccccc4-c4ccccc4)n3)c2)cc1. The largest absolute Gasteiger partial charge is 0.456 e. The van der Waals surface area contributed by atoms with Gasteiger partial charge in [0.15, 0.2) is 17.5 Å². The number of nitrogens with zero attached hydrogens (tertiary/aromatic N) is 3. The molecule has 0 bridgehead atoms. The average molecular weight is 628 g/mol. The van der Waals surface area contributed by atoms with Crippen LogP contribution in [0.3, 0.4) is 0 Å². The Morgan fingerprint density at radius 3 is 1.53 bits per heavy atom. The topological polar surface area (TPSA) is 51.8 Å². The van der Waals surface area contributed by atoms with Gasteiger partial charge in [-0.2, -0.15) is 0 Å². The van der Waals surface area contributed by atoms with E-state index < -0.39 is 0 Å². The van der Waals surface area contributed by atoms with Crippen molar-refractivity contribution in [1.82, 2.24) is 15.0 Å². The molecule has 9 rings (SSSR count). The maximum absolute atomic E-state index is 6.15. The van der Waals surface area contributed by atoms with Gasteiger partial charge in [0.2, 0.25) is 0 Å². The predicted octanol–water partition coefficient (Wildman–Crippen LogP) is 11.8. The van der Waals surface area contributed by atoms with Gasteiger partial charge in [-0.1, -0.05) is 140 Å². The summed E-state index contributed by atoms with van der Waals surface area (Å²) in [5.74, 6) is 1.86. The second kappa shape index (κ2) is 12.2. The molecule has 0 radical (unpaired) electrons. The minimum Gasteiger partial charge on any atom is -0.456 e. The van der Waals surface area contributed by atoms with Crippen LogP contribution in [0.5, 0.6) is 0 Å². The molecule has 0 N–H and O–H groups in total. The van der Waals surface area contributed by atoms with Crippen LogP contribution in [-0.4, -0.2) is 15.0 Å². The number of para-hydroxylation sites is 1. The van der Waals surface area contributed by atoms with Gasteiger partial charge in [0.05, 0.1) is 0 Å². The van der Waals surface area contributed by atoms with Gasteiger partial charge in [-0.15, -0.1) is 0 Å². The lowest BCUT2D eigenvalue weighted by atomic mass is 9.95. The lowest BCUT2D eigenvalue weighted by molar-refractivity contribution is 0.669. The molecule has 0 fully saturated rings. The zero-order valence-electron chi connectivity index (χ0n) is 26.5. The smallest absolute Gasteiger partial charge is 0.164 e. The molecule has 0 spiro atoms. The zero-order valence-corrected chi connectivity index (χ0v) is 26.5. The second-order valence-electron chi connectivity index (χ2n) is 12.1. The lowest BCUT2D eigenvalue weighted by Gasteiger charge is -2.14. The molecule has 49 heavy (non-hydrogen) atoms. The molecule has 0 aliphatic carbocycles. The second-order valence-corrected chi connectivity index (χ2v) is 12.1. The van der Waals surface area contributed by atoms with Crippen molar-refractivity contribution in [3.05, 3.63) is 176 Å². The van der Waals surface area contributed by atoms with Gasteiger partial charge in [0.1, 0.15) is 11.2 Å². The summed E-state index contributed by atoms with van der Waals surface area (Å²) < 4.78 is 6.15. The fraction of sp³-hybridized carbons (Fsp3) is 0. The molecule has 2 aromatic heterocycles. The van der Waals surface area contributed by atoms with Crippen LogP contribution >= 0.6 is 0 Å². The van der Waals surface area contributed by atoms with E-state index in [0.29, 0.717) is 17.5 Å². The van der Waals surface area contributed by atoms with Crippen molar-refractivity contribution in [3.8, 4) is 67.5 Å². The normalized spacial score (nSPS) is 11.3. The average Bonchev–Trinajstić information content (AvgIpc) is 3.57. The number of benzene rings is 7. The highest BCUT2D eigenvalue weighted by Crippen LogP contribution is 2.37. The third-order valence-electron chi connectivity index (χ3n) is 8.93. The van der Waals surface area contributed by atoms with E-state index in [0.717, 1.165) is 72.0 Å². The minimum absolute atomic E-state index is 0.612. The molecule has 0 saturated heterocycles. The fourth-order valence-corrected chi connectivity index (χ4v) is 6.52. The van der Waals surface area contributed by atoms with E-state index in [-0.39, 0.29) is 0 Å². The van der Waals surface area contributed by atoms with E-state index in [1.165, 1.54) is 0 Å². The van der Waals surface area contributed by atoms with Crippen LogP contribution in [0.15, 0.2) is 180 Å². The van der Waals surface area contributed by atoms with Crippen LogP contribution in [0.1, 0.15) is 0 Å². The molecule has 9 aromatic rings. The van der Waals surface area contributed by atoms with Crippen molar-refractivity contribution in [2.75, 3.05) is 0 Å². The zero-order chi connectivity index (χ0) is 32.6. The first-order chi connectivity index (χ1) is 24.3. The van der Waals surface area contributed by atoms with Crippen LogP contribution in [0, 0.1) is 0 Å². The van der Waals surface area contributed by atoms with Crippen LogP contribution in [-0.2, 0) is 0 Å². The van der Waals surface area contributed by atoms with Crippen LogP contribution < -0.4 is 0 Å². The molecule has 2 heterocycles. The molecule has 0 aliphatic rings. The third-order valence-corrected chi connectivity index (χ3v) is 8.93. The molecule has 230 valence electrons. The fourth-order valence-electron chi connectivity index (χ4n) is 6.52. The van der Waals surface area contributed by atoms with Gasteiger partial charge in [0.25, 0.3) is 0 Å². The van der Waals surface area contributed by atoms with Crippen LogP contribution in [0.4, 0.5) is 0 Å². The van der Waals surface area contributed by atoms with Crippen molar-refractivity contribution >= 4 is 21.9 Å². The summed E-state index contributed by atoms with van der Waals surface area (Å²) in [6.07, 6.45) is 0. The molecular formula is C45H29N3O. The summed E-state index contributed by atoms with van der Waals surface area (Å²) in [6, 6.07) is 60.5. The summed E-state index contributed by atoms with van der Waals surface area (Å²) in [5.41, 5.74) is 11.1. The number of hydrogen-bond donors (Lipinski definition) is 0. The monoisotopic (exact) mass is 627 g/mol. The van der Waals surface area contributed by atoms with Crippen molar-refractivity contribution in [2.24, 2.45) is 0 Å². The molecule has 0 saturated carbocycles. The van der Waals surface area contributed by atoms with Gasteiger partial charge >= 0.3 is 0 Å². The summed E-state index contributed by atoms with van der Waals surface area (Å²) in [4.78, 5) is 15.4. The van der Waals surface area contributed by atoms with Crippen molar-refractivity contribution < 1.29 is 4.42 Å². The Labute approximate surface area is 284 Å². The summed E-state index contributed by atoms with van der Waals surface area (Å²) in [7, 11) is 0. The Morgan fingerprint density at radius 2 is 0.796 bits per heavy atom. The standard InChI is InChI=1S/C45H29N3O/c1-4-14-30(15-5-1)34-26-35(33-24-25-42-40(29-33)38-21-12-13-23-41(38)49-42)28-36(27-34)44-46-43(32-18-8-3-9-19-32)47-45(48-44)39-22-11-10-20-37(39)31-16-6-2-7-17-31/h1-29H. The Balaban J connectivity index is 1.27. The highest BCUT2D eigenvalue weighted by molar-refractivity contribution is 6.06. The highest BCUT2D eigenvalue weighted by atomic mass is 16.3. The van der Waals surface area contributed by atoms with E-state index >= 15 is 0 Å². The Kier molecular flexibility index (Phi) is 7.10. The number of rotatable bonds is 6. The third kappa shape index (κ3) is 5.45. The predicted molar refractivity (Wildman–Crippen MR) is 200 cm³/mol. The molecule has 7 aromatic carbocycles. The molecule has 0 amide bonds. The van der Waals surface area contributed by atoms with Gasteiger partial charge in [-0.05, 0) is 69.8 Å².